The van der Waals surface area contributed by atoms with E-state index in [1.54, 1.807) is 39.8 Å². The summed E-state index contributed by atoms with van der Waals surface area (Å²) in [6.45, 7) is 9.96. The Morgan fingerprint density at radius 1 is 0.814 bits per heavy atom. The second-order valence-corrected chi connectivity index (χ2v) is 9.36. The largest absolute Gasteiger partial charge is 0.573 e. The molecule has 8 nitrogen and oxygen atoms in total. The molecule has 0 aliphatic rings. The van der Waals surface area contributed by atoms with Crippen molar-refractivity contribution in [3.05, 3.63) is 59.7 Å². The number of nitrogens with one attached hydrogen (secondary N) is 1. The van der Waals surface area contributed by atoms with Crippen molar-refractivity contribution in [2.45, 2.75) is 72.5 Å². The number of nitrogens with two attached hydrogens (primary N) is 1. The van der Waals surface area contributed by atoms with Crippen molar-refractivity contribution >= 4 is 18.5 Å². The molecule has 0 radical (unpaired) electrons. The zero-order chi connectivity index (χ0) is 31.3. The Labute approximate surface area is 254 Å². The molecule has 0 heterocycles. The second kappa shape index (κ2) is 19.4. The fourth-order valence-corrected chi connectivity index (χ4v) is 3.12. The first-order valence-corrected chi connectivity index (χ1v) is 12.5. The van der Waals surface area contributed by atoms with Crippen molar-refractivity contribution in [3.8, 4) is 11.5 Å². The highest BCUT2D eigenvalue weighted by atomic mass is 35.5. The molecule has 0 saturated heterocycles. The van der Waals surface area contributed by atoms with Gasteiger partial charge in [-0.15, -0.1) is 38.7 Å². The predicted molar refractivity (Wildman–Crippen MR) is 152 cm³/mol. The van der Waals surface area contributed by atoms with Gasteiger partial charge in [0.2, 0.25) is 0 Å². The van der Waals surface area contributed by atoms with Crippen LogP contribution in [0.15, 0.2) is 48.5 Å². The number of rotatable bonds is 11. The molecule has 2 rings (SSSR count). The zero-order valence-corrected chi connectivity index (χ0v) is 24.6. The van der Waals surface area contributed by atoms with Gasteiger partial charge in [0.1, 0.15) is 17.1 Å². The van der Waals surface area contributed by atoms with E-state index in [-0.39, 0.29) is 44.5 Å². The summed E-state index contributed by atoms with van der Waals surface area (Å²) < 4.78 is 96.3. The van der Waals surface area contributed by atoms with E-state index in [4.69, 9.17) is 19.9 Å². The van der Waals surface area contributed by atoms with Gasteiger partial charge in [0, 0.05) is 13.2 Å². The molecule has 2 aromatic carbocycles. The molecule has 43 heavy (non-hydrogen) atoms. The van der Waals surface area contributed by atoms with Crippen molar-refractivity contribution in [3.63, 3.8) is 0 Å². The number of hydrogen-bond acceptors (Lipinski definition) is 7. The first kappa shape index (κ1) is 42.2. The van der Waals surface area contributed by atoms with Crippen LogP contribution >= 0.6 is 12.4 Å². The van der Waals surface area contributed by atoms with Gasteiger partial charge < -0.3 is 34.7 Å². The third-order valence-electron chi connectivity index (χ3n) is 4.70. The smallest absolute Gasteiger partial charge is 0.444 e. The van der Waals surface area contributed by atoms with Gasteiger partial charge in [0.05, 0.1) is 25.3 Å². The second-order valence-electron chi connectivity index (χ2n) is 9.36. The van der Waals surface area contributed by atoms with Crippen LogP contribution in [0, 0.1) is 0 Å². The van der Waals surface area contributed by atoms with E-state index in [1.807, 2.05) is 6.92 Å². The summed E-state index contributed by atoms with van der Waals surface area (Å²) >= 11 is 0. The summed E-state index contributed by atoms with van der Waals surface area (Å²) in [6.07, 6.45) is -10.2. The highest BCUT2D eigenvalue weighted by Gasteiger charge is 2.32. The van der Waals surface area contributed by atoms with Crippen molar-refractivity contribution in [2.75, 3.05) is 26.4 Å². The lowest BCUT2D eigenvalue weighted by atomic mass is 10.1. The van der Waals surface area contributed by atoms with Gasteiger partial charge in [0.15, 0.2) is 0 Å². The standard InChI is InChI=1S/C16H22F3NO4.C11H14F3NO2.CH4.ClH/c1-5-22-10-13(20-14(21)24-15(2,3)4)11-7-6-8-12(9-11)23-16(17,18)19;1-2-16-7-10(15)8-4-3-5-9(6-8)17-11(12,13)14;;/h6-9,13H,5,10H2,1-4H3,(H,20,21);3-6,10H,2,7,15H2,1H3;1H4;1H/t13-;10-;;/m00../s1. The molecule has 0 spiro atoms. The fraction of sp³-hybridized carbons (Fsp3) is 0.536. The van der Waals surface area contributed by atoms with Crippen molar-refractivity contribution in [1.82, 2.24) is 5.32 Å². The Hall–Kier alpha value is -2.94. The minimum atomic E-state index is -4.79. The SMILES string of the molecule is C.CCOC[C@H](N)c1cccc(OC(F)(F)F)c1.CCOC[C@H](NC(=O)OC(C)(C)C)c1cccc(OC(F)(F)F)c1.Cl. The van der Waals surface area contributed by atoms with Crippen LogP contribution in [-0.4, -0.2) is 50.8 Å². The first-order valence-electron chi connectivity index (χ1n) is 12.5. The Morgan fingerprint density at radius 2 is 1.26 bits per heavy atom. The Morgan fingerprint density at radius 3 is 1.70 bits per heavy atom. The molecule has 0 bridgehead atoms. The number of amides is 1. The average Bonchev–Trinajstić information content (AvgIpc) is 2.82. The molecule has 0 fully saturated rings. The maximum absolute atomic E-state index is 12.3. The lowest BCUT2D eigenvalue weighted by molar-refractivity contribution is -0.275. The number of alkyl carbamates (subject to hydrolysis) is 1. The molecule has 248 valence electrons. The predicted octanol–water partition coefficient (Wildman–Crippen LogP) is 7.87. The van der Waals surface area contributed by atoms with E-state index in [1.165, 1.54) is 36.4 Å². The Kier molecular flexibility index (Phi) is 19.0. The molecule has 0 aliphatic heterocycles. The van der Waals surface area contributed by atoms with Gasteiger partial charge in [-0.1, -0.05) is 31.7 Å². The lowest BCUT2D eigenvalue weighted by Gasteiger charge is -2.24. The number of benzene rings is 2. The number of halogens is 7. The van der Waals surface area contributed by atoms with Crippen LogP contribution in [0.5, 0.6) is 11.5 Å². The van der Waals surface area contributed by atoms with E-state index in [2.05, 4.69) is 14.8 Å². The summed E-state index contributed by atoms with van der Waals surface area (Å²) in [5.41, 5.74) is 6.01. The van der Waals surface area contributed by atoms with E-state index < -0.39 is 36.5 Å². The molecule has 2 atom stereocenters. The van der Waals surface area contributed by atoms with Crippen LogP contribution < -0.4 is 20.5 Å². The molecule has 0 unspecified atom stereocenters. The van der Waals surface area contributed by atoms with Gasteiger partial charge in [-0.25, -0.2) is 4.79 Å². The topological polar surface area (TPSA) is 101 Å². The van der Waals surface area contributed by atoms with Gasteiger partial charge in [0.25, 0.3) is 0 Å². The summed E-state index contributed by atoms with van der Waals surface area (Å²) in [5.74, 6) is -0.644. The molecule has 3 N–H and O–H groups in total. The Bertz CT molecular complexity index is 1070. The monoisotopic (exact) mass is 650 g/mol. The molecular formula is C28H41ClF6N2O6. The number of carbonyl (C=O) groups excluding carboxylic acids is 1. The number of carbonyl (C=O) groups is 1. The number of alkyl halides is 6. The zero-order valence-electron chi connectivity index (χ0n) is 23.8. The van der Waals surface area contributed by atoms with Gasteiger partial charge in [-0.3, -0.25) is 0 Å². The first-order chi connectivity index (χ1) is 18.9. The molecule has 0 aliphatic carbocycles. The third-order valence-corrected chi connectivity index (χ3v) is 4.70. The van der Waals surface area contributed by atoms with Crippen molar-refractivity contribution in [1.29, 1.82) is 0 Å². The Balaban J connectivity index is 0. The summed E-state index contributed by atoms with van der Waals surface area (Å²) in [4.78, 5) is 11.9. The minimum Gasteiger partial charge on any atom is -0.444 e. The maximum atomic E-state index is 12.3. The molecule has 1 amide bonds. The van der Waals surface area contributed by atoms with Crippen molar-refractivity contribution in [2.24, 2.45) is 5.73 Å². The van der Waals surface area contributed by atoms with E-state index in [9.17, 15) is 31.1 Å². The van der Waals surface area contributed by atoms with Crippen LogP contribution in [0.3, 0.4) is 0 Å². The highest BCUT2D eigenvalue weighted by molar-refractivity contribution is 5.85. The highest BCUT2D eigenvalue weighted by Crippen LogP contribution is 2.27. The summed E-state index contributed by atoms with van der Waals surface area (Å²) in [5, 5.41) is 2.59. The van der Waals surface area contributed by atoms with Gasteiger partial charge in [-0.05, 0) is 70.0 Å². The number of ether oxygens (including phenoxy) is 5. The van der Waals surface area contributed by atoms with Gasteiger partial charge >= 0.3 is 18.8 Å². The van der Waals surface area contributed by atoms with Crippen LogP contribution in [0.2, 0.25) is 0 Å². The average molecular weight is 651 g/mol. The quantitative estimate of drug-likeness (QED) is 0.239. The minimum absolute atomic E-state index is 0. The molecule has 0 aromatic heterocycles. The van der Waals surface area contributed by atoms with E-state index in [0.29, 0.717) is 24.3 Å². The van der Waals surface area contributed by atoms with E-state index >= 15 is 0 Å². The maximum Gasteiger partial charge on any atom is 0.573 e. The fourth-order valence-electron chi connectivity index (χ4n) is 3.12. The van der Waals surface area contributed by atoms with Gasteiger partial charge in [-0.2, -0.15) is 0 Å². The normalized spacial score (nSPS) is 12.7. The van der Waals surface area contributed by atoms with Crippen molar-refractivity contribution < 1.29 is 54.8 Å². The lowest BCUT2D eigenvalue weighted by Crippen LogP contribution is -2.36. The number of hydrogen-bond donors (Lipinski definition) is 2. The van der Waals surface area contributed by atoms with E-state index in [0.717, 1.165) is 0 Å². The third kappa shape index (κ3) is 19.8. The van der Waals surface area contributed by atoms with Crippen LogP contribution in [0.4, 0.5) is 31.1 Å². The van der Waals surface area contributed by atoms with Crippen LogP contribution in [-0.2, 0) is 14.2 Å². The van der Waals surface area contributed by atoms with Crippen LogP contribution in [0.25, 0.3) is 0 Å². The molecule has 0 saturated carbocycles. The molecule has 15 heteroatoms. The summed E-state index contributed by atoms with van der Waals surface area (Å²) in [6, 6.07) is 9.81. The summed E-state index contributed by atoms with van der Waals surface area (Å²) in [7, 11) is 0. The molecule has 2 aromatic rings. The van der Waals surface area contributed by atoms with Crippen LogP contribution in [0.1, 0.15) is 65.3 Å². The molecular weight excluding hydrogens is 610 g/mol.